The van der Waals surface area contributed by atoms with Gasteiger partial charge in [0.05, 0.1) is 7.11 Å². The topological polar surface area (TPSA) is 42.4 Å². The number of benzene rings is 1. The van der Waals surface area contributed by atoms with Gasteiger partial charge in [-0.05, 0) is 25.1 Å². The van der Waals surface area contributed by atoms with E-state index in [9.17, 15) is 5.11 Å². The second-order valence-corrected chi connectivity index (χ2v) is 3.52. The number of hydrogen-bond acceptors (Lipinski definition) is 3. The second kappa shape index (κ2) is 4.23. The molecule has 1 aromatic heterocycles. The Morgan fingerprint density at radius 2 is 2.00 bits per heavy atom. The standard InChI is InChI=1S/C13H13NO2/c1-9-11(4-3-7-14-9)12-6-5-10(15)8-13(12)16-2/h3-8,15H,1-2H3. The maximum Gasteiger partial charge on any atom is 0.130 e. The maximum absolute atomic E-state index is 9.39. The number of aromatic hydroxyl groups is 1. The smallest absolute Gasteiger partial charge is 0.130 e. The summed E-state index contributed by atoms with van der Waals surface area (Å²) in [6, 6.07) is 8.94. The van der Waals surface area contributed by atoms with E-state index >= 15 is 0 Å². The quantitative estimate of drug-likeness (QED) is 0.837. The van der Waals surface area contributed by atoms with Gasteiger partial charge in [0, 0.05) is 29.1 Å². The molecule has 0 aliphatic rings. The van der Waals surface area contributed by atoms with Gasteiger partial charge in [-0.25, -0.2) is 0 Å². The number of methoxy groups -OCH3 is 1. The van der Waals surface area contributed by atoms with Crippen molar-refractivity contribution in [2.24, 2.45) is 0 Å². The minimum Gasteiger partial charge on any atom is -0.508 e. The Hall–Kier alpha value is -2.03. The number of nitrogens with zero attached hydrogens (tertiary/aromatic N) is 1. The molecule has 0 aliphatic heterocycles. The third-order valence-electron chi connectivity index (χ3n) is 2.48. The van der Waals surface area contributed by atoms with Crippen molar-refractivity contribution in [3.8, 4) is 22.6 Å². The van der Waals surface area contributed by atoms with E-state index in [-0.39, 0.29) is 5.75 Å². The summed E-state index contributed by atoms with van der Waals surface area (Å²) in [5.74, 6) is 0.846. The lowest BCUT2D eigenvalue weighted by atomic mass is 10.0. The van der Waals surface area contributed by atoms with E-state index in [1.165, 1.54) is 0 Å². The zero-order valence-corrected chi connectivity index (χ0v) is 9.27. The molecule has 2 aromatic rings. The van der Waals surface area contributed by atoms with Crippen LogP contribution in [0.15, 0.2) is 36.5 Å². The van der Waals surface area contributed by atoms with Crippen molar-refractivity contribution in [2.45, 2.75) is 6.92 Å². The van der Waals surface area contributed by atoms with Crippen molar-refractivity contribution in [1.29, 1.82) is 0 Å². The number of aryl methyl sites for hydroxylation is 1. The number of ether oxygens (including phenoxy) is 1. The van der Waals surface area contributed by atoms with E-state index in [4.69, 9.17) is 4.74 Å². The first-order valence-corrected chi connectivity index (χ1v) is 5.01. The van der Waals surface area contributed by atoms with Gasteiger partial charge in [-0.1, -0.05) is 6.07 Å². The lowest BCUT2D eigenvalue weighted by Crippen LogP contribution is -1.91. The molecule has 0 unspecified atom stereocenters. The van der Waals surface area contributed by atoms with Crippen LogP contribution in [-0.2, 0) is 0 Å². The Labute approximate surface area is 94.3 Å². The fourth-order valence-electron chi connectivity index (χ4n) is 1.67. The predicted molar refractivity (Wildman–Crippen MR) is 62.6 cm³/mol. The summed E-state index contributed by atoms with van der Waals surface area (Å²) in [6.07, 6.45) is 1.76. The number of hydrogen-bond donors (Lipinski definition) is 1. The van der Waals surface area contributed by atoms with Crippen molar-refractivity contribution in [3.05, 3.63) is 42.2 Å². The Bertz CT molecular complexity index is 509. The van der Waals surface area contributed by atoms with Gasteiger partial charge in [0.15, 0.2) is 0 Å². The average molecular weight is 215 g/mol. The SMILES string of the molecule is COc1cc(O)ccc1-c1cccnc1C. The molecule has 0 saturated carbocycles. The summed E-state index contributed by atoms with van der Waals surface area (Å²) in [7, 11) is 1.59. The van der Waals surface area contributed by atoms with Gasteiger partial charge in [-0.2, -0.15) is 0 Å². The van der Waals surface area contributed by atoms with Gasteiger partial charge in [0.25, 0.3) is 0 Å². The molecular weight excluding hydrogens is 202 g/mol. The largest absolute Gasteiger partial charge is 0.508 e. The lowest BCUT2D eigenvalue weighted by Gasteiger charge is -2.10. The molecule has 0 spiro atoms. The number of phenols is 1. The van der Waals surface area contributed by atoms with Crippen LogP contribution in [0, 0.1) is 6.92 Å². The molecule has 0 saturated heterocycles. The van der Waals surface area contributed by atoms with E-state index in [1.54, 1.807) is 25.4 Å². The van der Waals surface area contributed by atoms with Gasteiger partial charge in [0.1, 0.15) is 11.5 Å². The molecule has 0 atom stereocenters. The summed E-state index contributed by atoms with van der Waals surface area (Å²) < 4.78 is 5.25. The summed E-state index contributed by atoms with van der Waals surface area (Å²) in [5, 5.41) is 9.39. The third-order valence-corrected chi connectivity index (χ3v) is 2.48. The zero-order valence-electron chi connectivity index (χ0n) is 9.27. The molecule has 3 nitrogen and oxygen atoms in total. The van der Waals surface area contributed by atoms with E-state index in [2.05, 4.69) is 4.98 Å². The van der Waals surface area contributed by atoms with Crippen LogP contribution in [0.1, 0.15) is 5.69 Å². The molecule has 0 amide bonds. The van der Waals surface area contributed by atoms with Crippen molar-refractivity contribution >= 4 is 0 Å². The molecule has 0 fully saturated rings. The van der Waals surface area contributed by atoms with Gasteiger partial charge >= 0.3 is 0 Å². The van der Waals surface area contributed by atoms with Crippen LogP contribution in [0.4, 0.5) is 0 Å². The zero-order chi connectivity index (χ0) is 11.5. The van der Waals surface area contributed by atoms with Crippen molar-refractivity contribution in [2.75, 3.05) is 7.11 Å². The first-order valence-electron chi connectivity index (χ1n) is 5.01. The Kier molecular flexibility index (Phi) is 2.77. The Morgan fingerprint density at radius 3 is 2.69 bits per heavy atom. The van der Waals surface area contributed by atoms with Crippen LogP contribution in [0.25, 0.3) is 11.1 Å². The first-order chi connectivity index (χ1) is 7.72. The molecule has 1 N–H and O–H groups in total. The van der Waals surface area contributed by atoms with E-state index in [0.29, 0.717) is 5.75 Å². The van der Waals surface area contributed by atoms with E-state index < -0.39 is 0 Å². The molecule has 0 aliphatic carbocycles. The number of pyridine rings is 1. The fraction of sp³-hybridized carbons (Fsp3) is 0.154. The Balaban J connectivity index is 2.60. The molecular formula is C13H13NO2. The minimum atomic E-state index is 0.196. The monoisotopic (exact) mass is 215 g/mol. The van der Waals surface area contributed by atoms with Gasteiger partial charge in [-0.15, -0.1) is 0 Å². The average Bonchev–Trinajstić information content (AvgIpc) is 2.30. The van der Waals surface area contributed by atoms with Crippen LogP contribution in [0.3, 0.4) is 0 Å². The predicted octanol–water partition coefficient (Wildman–Crippen LogP) is 2.77. The third kappa shape index (κ3) is 1.84. The second-order valence-electron chi connectivity index (χ2n) is 3.52. The molecule has 2 rings (SSSR count). The van der Waals surface area contributed by atoms with E-state index in [1.807, 2.05) is 25.1 Å². The summed E-state index contributed by atoms with van der Waals surface area (Å²) in [6.45, 7) is 1.95. The van der Waals surface area contributed by atoms with E-state index in [0.717, 1.165) is 16.8 Å². The minimum absolute atomic E-state index is 0.196. The normalized spacial score (nSPS) is 10.1. The molecule has 82 valence electrons. The van der Waals surface area contributed by atoms with Crippen LogP contribution in [-0.4, -0.2) is 17.2 Å². The van der Waals surface area contributed by atoms with Crippen LogP contribution in [0.5, 0.6) is 11.5 Å². The van der Waals surface area contributed by atoms with Crippen LogP contribution in [0.2, 0.25) is 0 Å². The van der Waals surface area contributed by atoms with Crippen molar-refractivity contribution in [3.63, 3.8) is 0 Å². The summed E-state index contributed by atoms with van der Waals surface area (Å²) in [5.41, 5.74) is 2.89. The molecule has 16 heavy (non-hydrogen) atoms. The maximum atomic E-state index is 9.39. The highest BCUT2D eigenvalue weighted by atomic mass is 16.5. The molecule has 1 aromatic carbocycles. The van der Waals surface area contributed by atoms with Crippen LogP contribution < -0.4 is 4.74 Å². The molecule has 3 heteroatoms. The molecule has 0 radical (unpaired) electrons. The van der Waals surface area contributed by atoms with Gasteiger partial charge in [-0.3, -0.25) is 4.98 Å². The molecule has 1 heterocycles. The highest BCUT2D eigenvalue weighted by Gasteiger charge is 2.09. The van der Waals surface area contributed by atoms with Gasteiger partial charge < -0.3 is 9.84 Å². The molecule has 0 bridgehead atoms. The Morgan fingerprint density at radius 1 is 1.19 bits per heavy atom. The van der Waals surface area contributed by atoms with Crippen molar-refractivity contribution in [1.82, 2.24) is 4.98 Å². The highest BCUT2D eigenvalue weighted by Crippen LogP contribution is 2.33. The highest BCUT2D eigenvalue weighted by molar-refractivity contribution is 5.73. The number of phenolic OH excluding ortho intramolecular Hbond substituents is 1. The number of aromatic nitrogens is 1. The first kappa shape index (κ1) is 10.5. The van der Waals surface area contributed by atoms with Gasteiger partial charge in [0.2, 0.25) is 0 Å². The van der Waals surface area contributed by atoms with Crippen LogP contribution >= 0.6 is 0 Å². The lowest BCUT2D eigenvalue weighted by molar-refractivity contribution is 0.409. The fourth-order valence-corrected chi connectivity index (χ4v) is 1.67. The summed E-state index contributed by atoms with van der Waals surface area (Å²) >= 11 is 0. The van der Waals surface area contributed by atoms with Crippen molar-refractivity contribution < 1.29 is 9.84 Å². The summed E-state index contributed by atoms with van der Waals surface area (Å²) in [4.78, 5) is 4.24. The number of rotatable bonds is 2.